The van der Waals surface area contributed by atoms with Gasteiger partial charge in [-0.15, -0.1) is 0 Å². The van der Waals surface area contributed by atoms with E-state index >= 15 is 0 Å². The summed E-state index contributed by atoms with van der Waals surface area (Å²) in [7, 11) is 0. The van der Waals surface area contributed by atoms with Crippen molar-refractivity contribution < 1.29 is 14.7 Å². The van der Waals surface area contributed by atoms with Gasteiger partial charge in [0.1, 0.15) is 6.04 Å². The molecule has 0 radical (unpaired) electrons. The molecule has 0 saturated carbocycles. The molecular formula is C20H24N8O4. The van der Waals surface area contributed by atoms with Crippen LogP contribution in [0.15, 0.2) is 35.3 Å². The quantitative estimate of drug-likeness (QED) is 0.237. The van der Waals surface area contributed by atoms with E-state index in [1.165, 1.54) is 6.20 Å². The number of anilines is 2. The average molecular weight is 440 g/mol. The maximum absolute atomic E-state index is 12.4. The van der Waals surface area contributed by atoms with Crippen LogP contribution in [0.5, 0.6) is 0 Å². The van der Waals surface area contributed by atoms with Crippen LogP contribution in [0.1, 0.15) is 35.3 Å². The van der Waals surface area contributed by atoms with E-state index in [0.717, 1.165) is 0 Å². The van der Waals surface area contributed by atoms with Gasteiger partial charge in [0.15, 0.2) is 11.2 Å². The smallest absolute Gasteiger partial charge is 0.326 e. The van der Waals surface area contributed by atoms with E-state index in [-0.39, 0.29) is 23.7 Å². The molecule has 32 heavy (non-hydrogen) atoms. The Balaban J connectivity index is 1.60. The summed E-state index contributed by atoms with van der Waals surface area (Å²) < 4.78 is 0. The number of benzene rings is 1. The van der Waals surface area contributed by atoms with Crippen molar-refractivity contribution in [3.05, 3.63) is 52.1 Å². The number of unbranched alkanes of at least 4 members (excludes halogenated alkanes) is 1. The molecule has 3 aromatic rings. The lowest BCUT2D eigenvalue weighted by Gasteiger charge is -2.14. The van der Waals surface area contributed by atoms with E-state index in [1.807, 2.05) is 0 Å². The highest BCUT2D eigenvalue weighted by molar-refractivity contribution is 5.96. The molecule has 0 saturated heterocycles. The Kier molecular flexibility index (Phi) is 7.29. The number of aliphatic carboxylic acids is 1. The van der Waals surface area contributed by atoms with Crippen LogP contribution in [0.25, 0.3) is 11.2 Å². The van der Waals surface area contributed by atoms with Crippen molar-refractivity contribution in [3.8, 4) is 0 Å². The Morgan fingerprint density at radius 3 is 2.59 bits per heavy atom. The SMILES string of the molecule is NCCCC[C@H](NC(=O)c1ccc(NCc2cnc3nc(N)[nH]c(=O)c3n2)cc1)C(=O)O. The van der Waals surface area contributed by atoms with Crippen LogP contribution in [-0.4, -0.2) is 49.5 Å². The fraction of sp³-hybridized carbons (Fsp3) is 0.300. The third-order valence-electron chi connectivity index (χ3n) is 4.66. The van der Waals surface area contributed by atoms with Crippen LogP contribution in [-0.2, 0) is 11.3 Å². The zero-order valence-corrected chi connectivity index (χ0v) is 17.2. The highest BCUT2D eigenvalue weighted by atomic mass is 16.4. The second kappa shape index (κ2) is 10.3. The van der Waals surface area contributed by atoms with Gasteiger partial charge in [0.05, 0.1) is 18.4 Å². The molecule has 0 bridgehead atoms. The molecular weight excluding hydrogens is 416 g/mol. The number of carbonyl (C=O) groups is 2. The monoisotopic (exact) mass is 440 g/mol. The molecule has 12 heteroatoms. The number of fused-ring (bicyclic) bond motifs is 1. The van der Waals surface area contributed by atoms with E-state index < -0.39 is 23.5 Å². The Morgan fingerprint density at radius 2 is 1.91 bits per heavy atom. The van der Waals surface area contributed by atoms with Crippen LogP contribution < -0.4 is 27.7 Å². The number of nitrogens with one attached hydrogen (secondary N) is 3. The minimum absolute atomic E-state index is 0.0305. The van der Waals surface area contributed by atoms with Crippen molar-refractivity contribution in [2.75, 3.05) is 17.6 Å². The van der Waals surface area contributed by atoms with Gasteiger partial charge in [-0.05, 0) is 50.1 Å². The number of carboxylic acids is 1. The molecule has 0 fully saturated rings. The molecule has 3 rings (SSSR count). The molecule has 1 aromatic carbocycles. The number of nitrogens with zero attached hydrogens (tertiary/aromatic N) is 3. The summed E-state index contributed by atoms with van der Waals surface area (Å²) in [6.07, 6.45) is 3.11. The largest absolute Gasteiger partial charge is 0.480 e. The number of hydrogen-bond donors (Lipinski definition) is 6. The minimum atomic E-state index is -1.08. The van der Waals surface area contributed by atoms with Crippen molar-refractivity contribution in [1.82, 2.24) is 25.3 Å². The Bertz CT molecular complexity index is 1160. The fourth-order valence-corrected chi connectivity index (χ4v) is 2.98. The number of aromatic amines is 1. The first-order valence-corrected chi connectivity index (χ1v) is 9.96. The second-order valence-electron chi connectivity index (χ2n) is 7.06. The first-order valence-electron chi connectivity index (χ1n) is 9.96. The number of aromatic nitrogens is 4. The van der Waals surface area contributed by atoms with Crippen LogP contribution in [0.2, 0.25) is 0 Å². The molecule has 0 aliphatic rings. The summed E-state index contributed by atoms with van der Waals surface area (Å²) in [5.41, 5.74) is 12.2. The molecule has 2 heterocycles. The Hall–Kier alpha value is -4.06. The third kappa shape index (κ3) is 5.76. The predicted octanol–water partition coefficient (Wildman–Crippen LogP) is 0.219. The van der Waals surface area contributed by atoms with Gasteiger partial charge < -0.3 is 27.2 Å². The summed E-state index contributed by atoms with van der Waals surface area (Å²) in [4.78, 5) is 50.3. The first kappa shape index (κ1) is 22.6. The molecule has 8 N–H and O–H groups in total. The number of nitrogen functional groups attached to an aromatic ring is 1. The highest BCUT2D eigenvalue weighted by Gasteiger charge is 2.20. The van der Waals surface area contributed by atoms with E-state index in [4.69, 9.17) is 11.5 Å². The number of hydrogen-bond acceptors (Lipinski definition) is 9. The molecule has 1 amide bonds. The average Bonchev–Trinajstić information content (AvgIpc) is 2.77. The van der Waals surface area contributed by atoms with Crippen molar-refractivity contribution in [2.24, 2.45) is 5.73 Å². The van der Waals surface area contributed by atoms with Gasteiger partial charge >= 0.3 is 5.97 Å². The van der Waals surface area contributed by atoms with Crippen LogP contribution in [0.3, 0.4) is 0 Å². The van der Waals surface area contributed by atoms with E-state index in [9.17, 15) is 19.5 Å². The number of rotatable bonds is 10. The van der Waals surface area contributed by atoms with Crippen molar-refractivity contribution >= 4 is 34.7 Å². The van der Waals surface area contributed by atoms with Crippen molar-refractivity contribution in [2.45, 2.75) is 31.8 Å². The van der Waals surface area contributed by atoms with Gasteiger partial charge in [0, 0.05) is 11.3 Å². The zero-order chi connectivity index (χ0) is 23.1. The van der Waals surface area contributed by atoms with Crippen LogP contribution in [0.4, 0.5) is 11.6 Å². The lowest BCUT2D eigenvalue weighted by molar-refractivity contribution is -0.139. The summed E-state index contributed by atoms with van der Waals surface area (Å²) in [5.74, 6) is -1.58. The van der Waals surface area contributed by atoms with Crippen LogP contribution >= 0.6 is 0 Å². The van der Waals surface area contributed by atoms with E-state index in [0.29, 0.717) is 42.8 Å². The fourth-order valence-electron chi connectivity index (χ4n) is 2.98. The van der Waals surface area contributed by atoms with Crippen molar-refractivity contribution in [1.29, 1.82) is 0 Å². The maximum Gasteiger partial charge on any atom is 0.326 e. The van der Waals surface area contributed by atoms with Gasteiger partial charge in [-0.25, -0.2) is 14.8 Å². The number of nitrogens with two attached hydrogens (primary N) is 2. The molecule has 0 unspecified atom stereocenters. The van der Waals surface area contributed by atoms with Gasteiger partial charge in [0.25, 0.3) is 11.5 Å². The lowest BCUT2D eigenvalue weighted by atomic mass is 10.1. The second-order valence-corrected chi connectivity index (χ2v) is 7.06. The van der Waals surface area contributed by atoms with Gasteiger partial charge in [-0.1, -0.05) is 0 Å². The Morgan fingerprint density at radius 1 is 1.16 bits per heavy atom. The molecule has 12 nitrogen and oxygen atoms in total. The van der Waals surface area contributed by atoms with E-state index in [1.54, 1.807) is 24.3 Å². The number of amides is 1. The first-order chi connectivity index (χ1) is 15.4. The number of carbonyl (C=O) groups excluding carboxylic acids is 1. The summed E-state index contributed by atoms with van der Waals surface area (Å²) in [6, 6.07) is 5.57. The summed E-state index contributed by atoms with van der Waals surface area (Å²) in [6.45, 7) is 0.752. The summed E-state index contributed by atoms with van der Waals surface area (Å²) in [5, 5.41) is 14.9. The minimum Gasteiger partial charge on any atom is -0.480 e. The Labute approximate surface area is 182 Å². The molecule has 0 spiro atoms. The topological polar surface area (TPSA) is 202 Å². The van der Waals surface area contributed by atoms with Gasteiger partial charge in [-0.3, -0.25) is 14.6 Å². The summed E-state index contributed by atoms with van der Waals surface area (Å²) >= 11 is 0. The predicted molar refractivity (Wildman–Crippen MR) is 118 cm³/mol. The van der Waals surface area contributed by atoms with Gasteiger partial charge in [0.2, 0.25) is 5.95 Å². The third-order valence-corrected chi connectivity index (χ3v) is 4.66. The zero-order valence-electron chi connectivity index (χ0n) is 17.2. The maximum atomic E-state index is 12.4. The lowest BCUT2D eigenvalue weighted by Crippen LogP contribution is -2.40. The number of carboxylic acid groups (broad SMARTS) is 1. The molecule has 1 atom stereocenters. The normalized spacial score (nSPS) is 11.8. The van der Waals surface area contributed by atoms with Crippen molar-refractivity contribution in [3.63, 3.8) is 0 Å². The molecule has 0 aliphatic carbocycles. The molecule has 168 valence electrons. The van der Waals surface area contributed by atoms with Gasteiger partial charge in [-0.2, -0.15) is 4.98 Å². The van der Waals surface area contributed by atoms with Crippen LogP contribution in [0, 0.1) is 0 Å². The standard InChI is InChI=1S/C20H24N8O4/c21-8-2-1-3-14(19(31)32)26-17(29)11-4-6-12(7-5-11)23-9-13-10-24-16-15(25-13)18(30)28-20(22)27-16/h4-7,10,14,23H,1-3,8-9,21H2,(H,26,29)(H,31,32)(H3,22,24,27,28,30)/t14-/m0/s1. The number of H-pyrrole nitrogens is 1. The van der Waals surface area contributed by atoms with E-state index in [2.05, 4.69) is 30.6 Å². The molecule has 0 aliphatic heterocycles. The highest BCUT2D eigenvalue weighted by Crippen LogP contribution is 2.12. The molecule has 2 aromatic heterocycles.